The molecule has 0 bridgehead atoms. The third-order valence-electron chi connectivity index (χ3n) is 6.66. The fraction of sp³-hybridized carbons (Fsp3) is 0.243. The zero-order valence-electron chi connectivity index (χ0n) is 25.0. The van der Waals surface area contributed by atoms with E-state index in [1.165, 1.54) is 38.2 Å². The van der Waals surface area contributed by atoms with Crippen LogP contribution in [0.1, 0.15) is 48.0 Å². The van der Waals surface area contributed by atoms with E-state index in [4.69, 9.17) is 5.73 Å². The predicted molar refractivity (Wildman–Crippen MR) is 175 cm³/mol. The van der Waals surface area contributed by atoms with Crippen molar-refractivity contribution in [3.05, 3.63) is 150 Å². The molecule has 4 aromatic rings. The summed E-state index contributed by atoms with van der Waals surface area (Å²) < 4.78 is 0. The first-order valence-corrected chi connectivity index (χ1v) is 15.0. The van der Waals surface area contributed by atoms with Crippen LogP contribution in [0.15, 0.2) is 138 Å². The Morgan fingerprint density at radius 2 is 1.00 bits per heavy atom. The Balaban J connectivity index is 0.000000277. The molecular formula is C37H44NSiTi. The van der Waals surface area contributed by atoms with Crippen molar-refractivity contribution in [3.63, 3.8) is 0 Å². The van der Waals surface area contributed by atoms with Gasteiger partial charge in [-0.05, 0) is 11.1 Å². The number of allylic oxidation sites excluding steroid dienone is 4. The molecule has 1 nitrogen and oxygen atoms in total. The second kappa shape index (κ2) is 20.2. The Morgan fingerprint density at radius 3 is 1.23 bits per heavy atom. The van der Waals surface area contributed by atoms with Crippen molar-refractivity contribution in [2.75, 3.05) is 0 Å². The molecule has 5 rings (SSSR count). The maximum absolute atomic E-state index is 6.83. The molecule has 2 atom stereocenters. The molecule has 1 radical (unpaired) electrons. The molecule has 1 aliphatic rings. The van der Waals surface area contributed by atoms with Gasteiger partial charge in [0.05, 0.1) is 0 Å². The Bertz CT molecular complexity index is 1180. The molecule has 40 heavy (non-hydrogen) atoms. The number of benzene rings is 4. The first kappa shape index (κ1) is 35.3. The first-order valence-electron chi connectivity index (χ1n) is 13.9. The second-order valence-corrected chi connectivity index (χ2v) is 11.4. The van der Waals surface area contributed by atoms with E-state index in [1.807, 2.05) is 26.0 Å². The summed E-state index contributed by atoms with van der Waals surface area (Å²) in [6, 6.07) is 42.2. The Hall–Kier alpha value is -2.75. The van der Waals surface area contributed by atoms with Crippen LogP contribution in [0.3, 0.4) is 0 Å². The third-order valence-corrected chi connectivity index (χ3v) is 8.10. The van der Waals surface area contributed by atoms with Crippen LogP contribution in [0, 0.1) is 12.0 Å². The summed E-state index contributed by atoms with van der Waals surface area (Å²) in [4.78, 5) is 0. The number of rotatable bonds is 4. The van der Waals surface area contributed by atoms with Gasteiger partial charge in [0.15, 0.2) is 0 Å². The van der Waals surface area contributed by atoms with Gasteiger partial charge in [0, 0.05) is 0 Å². The molecule has 4 aromatic carbocycles. The van der Waals surface area contributed by atoms with Crippen LogP contribution in [0.2, 0.25) is 0 Å². The molecule has 1 N–H and O–H groups in total. The van der Waals surface area contributed by atoms with Crippen LogP contribution in [-0.4, -0.2) is 15.6 Å². The van der Waals surface area contributed by atoms with Gasteiger partial charge in [0.25, 0.3) is 0 Å². The molecule has 205 valence electrons. The summed E-state index contributed by atoms with van der Waals surface area (Å²) in [6.07, 6.45) is 4.33. The minimum Gasteiger partial charge on any atom is -0.675 e. The zero-order chi connectivity index (χ0) is 28.5. The number of hydrogen-bond donors (Lipinski definition) is 0. The minimum atomic E-state index is 0. The average molecular weight is 579 g/mol. The molecule has 0 saturated carbocycles. The average Bonchev–Trinajstić information content (AvgIpc) is 3.21. The van der Waals surface area contributed by atoms with Gasteiger partial charge < -0.3 is 5.73 Å². The van der Waals surface area contributed by atoms with Gasteiger partial charge in [-0.15, -0.1) is 13.0 Å². The Labute approximate surface area is 261 Å². The van der Waals surface area contributed by atoms with Crippen LogP contribution in [0.25, 0.3) is 16.9 Å². The summed E-state index contributed by atoms with van der Waals surface area (Å²) >= 11 is 0. The van der Waals surface area contributed by atoms with E-state index < -0.39 is 0 Å². The van der Waals surface area contributed by atoms with Crippen molar-refractivity contribution < 1.29 is 21.7 Å². The summed E-state index contributed by atoms with van der Waals surface area (Å²) in [6.45, 7) is 12.6. The Kier molecular flexibility index (Phi) is 17.8. The van der Waals surface area contributed by atoms with Crippen molar-refractivity contribution >= 4 is 19.9 Å². The van der Waals surface area contributed by atoms with E-state index in [-0.39, 0.29) is 37.3 Å². The molecule has 3 heteroatoms. The second-order valence-electron chi connectivity index (χ2n) is 9.81. The fourth-order valence-corrected chi connectivity index (χ4v) is 4.93. The van der Waals surface area contributed by atoms with Gasteiger partial charge in [0.2, 0.25) is 0 Å². The topological polar surface area (TPSA) is 23.8 Å². The van der Waals surface area contributed by atoms with E-state index in [1.54, 1.807) is 0 Å². The third kappa shape index (κ3) is 13.5. The maximum Gasteiger partial charge on any atom is 2.00 e. The van der Waals surface area contributed by atoms with Crippen molar-refractivity contribution in [1.82, 2.24) is 0 Å². The minimum absolute atomic E-state index is 0. The van der Waals surface area contributed by atoms with Crippen LogP contribution in [0.4, 0.5) is 0 Å². The number of hydrogen-bond acceptors (Lipinski definition) is 0. The van der Waals surface area contributed by atoms with Gasteiger partial charge in [0.1, 0.15) is 9.52 Å². The molecule has 0 aromatic heterocycles. The van der Waals surface area contributed by atoms with Crippen molar-refractivity contribution in [2.24, 2.45) is 5.92 Å². The molecule has 1 aliphatic carbocycles. The van der Waals surface area contributed by atoms with Crippen LogP contribution < -0.4 is 10.4 Å². The van der Waals surface area contributed by atoms with Gasteiger partial charge >= 0.3 is 21.7 Å². The monoisotopic (exact) mass is 578 g/mol. The van der Waals surface area contributed by atoms with Crippen LogP contribution in [0.5, 0.6) is 0 Å². The van der Waals surface area contributed by atoms with Crippen molar-refractivity contribution in [2.45, 2.75) is 54.0 Å². The summed E-state index contributed by atoms with van der Waals surface area (Å²) in [5.74, 6) is 0.560. The van der Waals surface area contributed by atoms with Gasteiger partial charge in [-0.3, -0.25) is 6.08 Å². The molecule has 2 unspecified atom stereocenters. The summed E-state index contributed by atoms with van der Waals surface area (Å²) in [5.41, 5.74) is 13.6. The zero-order valence-corrected chi connectivity index (χ0v) is 27.7. The van der Waals surface area contributed by atoms with E-state index in [9.17, 15) is 0 Å². The van der Waals surface area contributed by atoms with Crippen LogP contribution in [-0.2, 0) is 21.7 Å². The van der Waals surface area contributed by atoms with E-state index in [2.05, 4.69) is 143 Å². The Morgan fingerprint density at radius 1 is 0.675 bits per heavy atom. The van der Waals surface area contributed by atoms with Crippen LogP contribution >= 0.6 is 0 Å². The molecule has 0 saturated heterocycles. The summed E-state index contributed by atoms with van der Waals surface area (Å²) in [5, 5.41) is 2.90. The standard InChI is InChI=1S/C12H11Si.C12H10.C9H13.C4H10N.Ti/c1-3-7-11(8-4-1)13-12-9-5-2-6-10-12;1-3-7-11(8-4-1)12-9-5-2-6-10-12;1-6-5-7(2)9(4)8(6)3;1-3-4(2)5;/h1-10,13H;1-10H;6H,1-4H3;4-5H,3H2,1-2H3;/q;;2*-1;+2. The summed E-state index contributed by atoms with van der Waals surface area (Å²) in [7, 11) is 0.271. The van der Waals surface area contributed by atoms with Crippen molar-refractivity contribution in [1.29, 1.82) is 0 Å². The molecule has 0 heterocycles. The largest absolute Gasteiger partial charge is 2.00 e. The quantitative estimate of drug-likeness (QED) is 0.171. The van der Waals surface area contributed by atoms with Crippen molar-refractivity contribution in [3.8, 4) is 11.1 Å². The predicted octanol–water partition coefficient (Wildman–Crippen LogP) is 8.98. The fourth-order valence-electron chi connectivity index (χ4n) is 3.71. The van der Waals surface area contributed by atoms with E-state index >= 15 is 0 Å². The smallest absolute Gasteiger partial charge is 0.675 e. The van der Waals surface area contributed by atoms with E-state index in [0.29, 0.717) is 5.92 Å². The molecule has 0 spiro atoms. The van der Waals surface area contributed by atoms with Gasteiger partial charge in [-0.2, -0.15) is 11.1 Å². The molecule has 0 fully saturated rings. The van der Waals surface area contributed by atoms with Gasteiger partial charge in [-0.25, -0.2) is 5.57 Å². The molecule has 0 amide bonds. The van der Waals surface area contributed by atoms with E-state index in [0.717, 1.165) is 6.42 Å². The first-order chi connectivity index (χ1) is 18.8. The normalized spacial score (nSPS) is 14.1. The number of nitrogens with one attached hydrogen (secondary N) is 1. The molecule has 0 aliphatic heterocycles. The molecular weight excluding hydrogens is 534 g/mol. The maximum atomic E-state index is 6.83. The SMILES string of the molecule is CC1=[C-]C(C)C(C)=C1C.CCC(C)[NH-].[Ti+2].c1ccc(-c2ccccc2)cc1.c1ccc([SiH]c2ccccc2)cc1. The van der Waals surface area contributed by atoms with Gasteiger partial charge in [-0.1, -0.05) is 179 Å².